The highest BCUT2D eigenvalue weighted by molar-refractivity contribution is 7.12. The molecule has 0 saturated heterocycles. The molecule has 2 aromatic rings. The highest BCUT2D eigenvalue weighted by Crippen LogP contribution is 2.31. The van der Waals surface area contributed by atoms with Crippen molar-refractivity contribution in [2.24, 2.45) is 0 Å². The van der Waals surface area contributed by atoms with Gasteiger partial charge >= 0.3 is 0 Å². The monoisotopic (exact) mass is 262 g/mol. The number of rotatable bonds is 4. The van der Waals surface area contributed by atoms with Crippen LogP contribution < -0.4 is 4.74 Å². The van der Waals surface area contributed by atoms with Gasteiger partial charge in [-0.25, -0.2) is 0 Å². The summed E-state index contributed by atoms with van der Waals surface area (Å²) in [7, 11) is 0. The van der Waals surface area contributed by atoms with Gasteiger partial charge in [-0.15, -0.1) is 11.3 Å². The van der Waals surface area contributed by atoms with Gasteiger partial charge in [-0.05, 0) is 50.1 Å². The van der Waals surface area contributed by atoms with Gasteiger partial charge in [-0.3, -0.25) is 0 Å². The molecular weight excluding hydrogens is 244 g/mol. The molecule has 0 aliphatic heterocycles. The Morgan fingerprint density at radius 1 is 1.22 bits per heavy atom. The number of hydrogen-bond donors (Lipinski definition) is 1. The fourth-order valence-electron chi connectivity index (χ4n) is 1.81. The molecule has 1 N–H and O–H groups in total. The highest BCUT2D eigenvalue weighted by Gasteiger charge is 2.13. The van der Waals surface area contributed by atoms with Gasteiger partial charge in [0.15, 0.2) is 0 Å². The maximum atomic E-state index is 10.3. The molecule has 3 heteroatoms. The number of aryl methyl sites for hydroxylation is 2. The molecule has 2 nitrogen and oxygen atoms in total. The number of hydrogen-bond acceptors (Lipinski definition) is 3. The first-order chi connectivity index (χ1) is 8.61. The van der Waals surface area contributed by atoms with Crippen molar-refractivity contribution in [3.8, 4) is 5.75 Å². The zero-order chi connectivity index (χ0) is 13.1. The lowest BCUT2D eigenvalue weighted by molar-refractivity contribution is 0.224. The van der Waals surface area contributed by atoms with E-state index >= 15 is 0 Å². The number of benzene rings is 1. The molecule has 18 heavy (non-hydrogen) atoms. The first-order valence-electron chi connectivity index (χ1n) is 6.09. The molecule has 1 unspecified atom stereocenters. The predicted octanol–water partition coefficient (Wildman–Crippen LogP) is 3.85. The Balaban J connectivity index is 2.20. The van der Waals surface area contributed by atoms with Gasteiger partial charge in [-0.1, -0.05) is 12.1 Å². The quantitative estimate of drug-likeness (QED) is 0.907. The lowest BCUT2D eigenvalue weighted by Gasteiger charge is -2.10. The topological polar surface area (TPSA) is 29.5 Å². The minimum Gasteiger partial charge on any atom is -0.494 e. The number of aliphatic hydroxyl groups is 1. The summed E-state index contributed by atoms with van der Waals surface area (Å²) in [5.74, 6) is 0.840. The van der Waals surface area contributed by atoms with Crippen molar-refractivity contribution in [2.45, 2.75) is 26.9 Å². The predicted molar refractivity (Wildman–Crippen MR) is 75.5 cm³/mol. The summed E-state index contributed by atoms with van der Waals surface area (Å²) < 4.78 is 5.39. The molecule has 1 aromatic carbocycles. The van der Waals surface area contributed by atoms with Crippen molar-refractivity contribution in [3.05, 3.63) is 51.2 Å². The summed E-state index contributed by atoms with van der Waals surface area (Å²) in [6.07, 6.45) is -0.543. The van der Waals surface area contributed by atoms with Crippen LogP contribution >= 0.6 is 11.3 Å². The van der Waals surface area contributed by atoms with E-state index in [2.05, 4.69) is 19.9 Å². The van der Waals surface area contributed by atoms with Gasteiger partial charge in [0.1, 0.15) is 11.9 Å². The highest BCUT2D eigenvalue weighted by atomic mass is 32.1. The Labute approximate surface area is 112 Å². The summed E-state index contributed by atoms with van der Waals surface area (Å²) in [5, 5.41) is 10.3. The molecule has 0 fully saturated rings. The number of thiophene rings is 1. The molecule has 96 valence electrons. The Morgan fingerprint density at radius 2 is 1.89 bits per heavy atom. The second-order valence-electron chi connectivity index (χ2n) is 4.29. The SMILES string of the molecule is CCOc1ccc(C(O)c2cc(C)c(C)s2)cc1. The summed E-state index contributed by atoms with van der Waals surface area (Å²) in [4.78, 5) is 2.25. The van der Waals surface area contributed by atoms with Crippen molar-refractivity contribution in [1.82, 2.24) is 0 Å². The molecular formula is C15H18O2S. The standard InChI is InChI=1S/C15H18O2S/c1-4-17-13-7-5-12(6-8-13)15(16)14-9-10(2)11(3)18-14/h5-9,15-16H,4H2,1-3H3. The van der Waals surface area contributed by atoms with Gasteiger partial charge in [0.25, 0.3) is 0 Å². The third kappa shape index (κ3) is 2.74. The van der Waals surface area contributed by atoms with Crippen LogP contribution in [-0.4, -0.2) is 11.7 Å². The van der Waals surface area contributed by atoms with Crippen LogP contribution in [0.25, 0.3) is 0 Å². The van der Waals surface area contributed by atoms with Crippen molar-refractivity contribution < 1.29 is 9.84 Å². The molecule has 0 saturated carbocycles. The average Bonchev–Trinajstić information content (AvgIpc) is 2.70. The summed E-state index contributed by atoms with van der Waals surface area (Å²) in [6, 6.07) is 9.69. The van der Waals surface area contributed by atoms with Crippen molar-refractivity contribution in [1.29, 1.82) is 0 Å². The number of aliphatic hydroxyl groups excluding tert-OH is 1. The largest absolute Gasteiger partial charge is 0.494 e. The average molecular weight is 262 g/mol. The Hall–Kier alpha value is -1.32. The first kappa shape index (κ1) is 13.1. The maximum absolute atomic E-state index is 10.3. The molecule has 1 atom stereocenters. The third-order valence-corrected chi connectivity index (χ3v) is 4.17. The molecule has 0 radical (unpaired) electrons. The Morgan fingerprint density at radius 3 is 2.39 bits per heavy atom. The fraction of sp³-hybridized carbons (Fsp3) is 0.333. The molecule has 0 aliphatic carbocycles. The van der Waals surface area contributed by atoms with E-state index in [1.165, 1.54) is 10.4 Å². The van der Waals surface area contributed by atoms with Crippen molar-refractivity contribution in [2.75, 3.05) is 6.61 Å². The van der Waals surface area contributed by atoms with Crippen LogP contribution in [0, 0.1) is 13.8 Å². The van der Waals surface area contributed by atoms with E-state index in [1.807, 2.05) is 31.2 Å². The molecule has 0 amide bonds. The lowest BCUT2D eigenvalue weighted by Crippen LogP contribution is -1.97. The van der Waals surface area contributed by atoms with Gasteiger partial charge in [0.2, 0.25) is 0 Å². The first-order valence-corrected chi connectivity index (χ1v) is 6.91. The smallest absolute Gasteiger partial charge is 0.119 e. The van der Waals surface area contributed by atoms with Gasteiger partial charge in [0, 0.05) is 9.75 Å². The van der Waals surface area contributed by atoms with Gasteiger partial charge in [0.05, 0.1) is 6.61 Å². The van der Waals surface area contributed by atoms with Crippen LogP contribution in [0.3, 0.4) is 0 Å². The zero-order valence-corrected chi connectivity index (χ0v) is 11.8. The number of ether oxygens (including phenoxy) is 1. The van der Waals surface area contributed by atoms with E-state index in [9.17, 15) is 5.11 Å². The van der Waals surface area contributed by atoms with E-state index in [-0.39, 0.29) is 0 Å². The minimum absolute atomic E-state index is 0.543. The molecule has 0 bridgehead atoms. The van der Waals surface area contributed by atoms with Crippen molar-refractivity contribution >= 4 is 11.3 Å². The van der Waals surface area contributed by atoms with Crippen molar-refractivity contribution in [3.63, 3.8) is 0 Å². The van der Waals surface area contributed by atoms with E-state index in [0.717, 1.165) is 16.2 Å². The fourth-order valence-corrected chi connectivity index (χ4v) is 2.87. The molecule has 0 aliphatic rings. The lowest BCUT2D eigenvalue weighted by atomic mass is 10.1. The van der Waals surface area contributed by atoms with Crippen LogP contribution in [0.15, 0.2) is 30.3 Å². The zero-order valence-electron chi connectivity index (χ0n) is 10.9. The van der Waals surface area contributed by atoms with Crippen LogP contribution in [-0.2, 0) is 0 Å². The van der Waals surface area contributed by atoms with E-state index in [1.54, 1.807) is 11.3 Å². The summed E-state index contributed by atoms with van der Waals surface area (Å²) >= 11 is 1.65. The summed E-state index contributed by atoms with van der Waals surface area (Å²) in [6.45, 7) is 6.76. The maximum Gasteiger partial charge on any atom is 0.119 e. The van der Waals surface area contributed by atoms with Gasteiger partial charge in [-0.2, -0.15) is 0 Å². The molecule has 1 aromatic heterocycles. The Bertz CT molecular complexity index is 494. The Kier molecular flexibility index (Phi) is 4.04. The molecule has 1 heterocycles. The second kappa shape index (κ2) is 5.55. The second-order valence-corrected chi connectivity index (χ2v) is 5.58. The minimum atomic E-state index is -0.543. The summed E-state index contributed by atoms with van der Waals surface area (Å²) in [5.41, 5.74) is 2.14. The van der Waals surface area contributed by atoms with Crippen LogP contribution in [0.2, 0.25) is 0 Å². The van der Waals surface area contributed by atoms with E-state index < -0.39 is 6.10 Å². The van der Waals surface area contributed by atoms with Crippen LogP contribution in [0.5, 0.6) is 5.75 Å². The van der Waals surface area contributed by atoms with E-state index in [0.29, 0.717) is 6.61 Å². The van der Waals surface area contributed by atoms with Crippen LogP contribution in [0.1, 0.15) is 33.9 Å². The molecule has 2 rings (SSSR count). The third-order valence-electron chi connectivity index (χ3n) is 2.96. The van der Waals surface area contributed by atoms with E-state index in [4.69, 9.17) is 4.74 Å². The van der Waals surface area contributed by atoms with Crippen LogP contribution in [0.4, 0.5) is 0 Å². The normalized spacial score (nSPS) is 12.4. The molecule has 0 spiro atoms. The van der Waals surface area contributed by atoms with Gasteiger partial charge < -0.3 is 9.84 Å².